The van der Waals surface area contributed by atoms with Crippen molar-refractivity contribution >= 4 is 5.91 Å². The Morgan fingerprint density at radius 1 is 1.17 bits per heavy atom. The van der Waals surface area contributed by atoms with Crippen molar-refractivity contribution in [2.75, 3.05) is 13.1 Å². The molecule has 1 saturated heterocycles. The highest BCUT2D eigenvalue weighted by molar-refractivity contribution is 5.77. The Morgan fingerprint density at radius 2 is 2.00 bits per heavy atom. The van der Waals surface area contributed by atoms with Crippen molar-refractivity contribution in [1.29, 1.82) is 0 Å². The maximum absolute atomic E-state index is 13.0. The number of nitrogens with zero attached hydrogens (tertiary/aromatic N) is 2. The summed E-state index contributed by atoms with van der Waals surface area (Å²) in [4.78, 5) is 15.0. The van der Waals surface area contributed by atoms with Crippen molar-refractivity contribution in [2.45, 2.75) is 63.4 Å². The minimum absolute atomic E-state index is 0.140. The van der Waals surface area contributed by atoms with E-state index < -0.39 is 5.60 Å². The molecule has 2 N–H and O–H groups in total. The number of aliphatic hydroxyl groups is 1. The van der Waals surface area contributed by atoms with Crippen LogP contribution in [0.3, 0.4) is 0 Å². The lowest BCUT2D eigenvalue weighted by atomic mass is 9.67. The number of rotatable bonds is 4. The van der Waals surface area contributed by atoms with Crippen LogP contribution < -0.4 is 0 Å². The molecule has 1 aromatic heterocycles. The summed E-state index contributed by atoms with van der Waals surface area (Å²) in [6, 6.07) is 10.1. The molecule has 1 amide bonds. The van der Waals surface area contributed by atoms with Gasteiger partial charge in [0.1, 0.15) is 0 Å². The number of likely N-dealkylation sites (tertiary alicyclic amines) is 1. The second kappa shape index (κ2) is 7.60. The average Bonchev–Trinajstić information content (AvgIpc) is 3.38. The van der Waals surface area contributed by atoms with E-state index in [0.29, 0.717) is 18.9 Å². The van der Waals surface area contributed by atoms with E-state index in [4.69, 9.17) is 0 Å². The Bertz CT molecular complexity index is 878. The molecule has 154 valence electrons. The summed E-state index contributed by atoms with van der Waals surface area (Å²) < 4.78 is 0. The molecule has 0 unspecified atom stereocenters. The normalized spacial score (nSPS) is 28.8. The van der Waals surface area contributed by atoms with Crippen LogP contribution in [0.2, 0.25) is 0 Å². The predicted molar refractivity (Wildman–Crippen MR) is 111 cm³/mol. The zero-order valence-corrected chi connectivity index (χ0v) is 17.1. The van der Waals surface area contributed by atoms with Crippen LogP contribution in [0.15, 0.2) is 30.3 Å². The van der Waals surface area contributed by atoms with Gasteiger partial charge in [-0.25, -0.2) is 0 Å². The lowest BCUT2D eigenvalue weighted by Crippen LogP contribution is -2.42. The van der Waals surface area contributed by atoms with Gasteiger partial charge in [-0.3, -0.25) is 9.89 Å². The lowest BCUT2D eigenvalue weighted by molar-refractivity contribution is -0.130. The molecule has 0 radical (unpaired) electrons. The van der Waals surface area contributed by atoms with Gasteiger partial charge in [-0.05, 0) is 62.0 Å². The molecule has 29 heavy (non-hydrogen) atoms. The Morgan fingerprint density at radius 3 is 2.86 bits per heavy atom. The second-order valence-electron chi connectivity index (χ2n) is 9.18. The van der Waals surface area contributed by atoms with E-state index in [1.165, 1.54) is 24.1 Å². The van der Waals surface area contributed by atoms with E-state index in [-0.39, 0.29) is 11.8 Å². The first kappa shape index (κ1) is 18.9. The van der Waals surface area contributed by atoms with Gasteiger partial charge in [-0.15, -0.1) is 0 Å². The van der Waals surface area contributed by atoms with Gasteiger partial charge in [0.05, 0.1) is 11.3 Å². The Balaban J connectivity index is 1.26. The van der Waals surface area contributed by atoms with Crippen LogP contribution in [-0.2, 0) is 29.7 Å². The fourth-order valence-corrected chi connectivity index (χ4v) is 5.95. The van der Waals surface area contributed by atoms with Gasteiger partial charge >= 0.3 is 0 Å². The number of carbonyl (C=O) groups excluding carboxylic acids is 1. The zero-order valence-electron chi connectivity index (χ0n) is 17.1. The molecule has 1 aromatic carbocycles. The number of hydrogen-bond donors (Lipinski definition) is 2. The molecule has 0 bridgehead atoms. The van der Waals surface area contributed by atoms with Gasteiger partial charge < -0.3 is 10.0 Å². The van der Waals surface area contributed by atoms with Crippen LogP contribution in [0.1, 0.15) is 61.0 Å². The summed E-state index contributed by atoms with van der Waals surface area (Å²) in [5.41, 5.74) is 3.93. The molecule has 2 aromatic rings. The molecule has 2 aliphatic carbocycles. The monoisotopic (exact) mass is 393 g/mol. The quantitative estimate of drug-likeness (QED) is 0.837. The Kier molecular flexibility index (Phi) is 4.94. The number of hydrogen-bond acceptors (Lipinski definition) is 3. The minimum Gasteiger partial charge on any atom is -0.385 e. The lowest BCUT2D eigenvalue weighted by Gasteiger charge is -2.41. The van der Waals surface area contributed by atoms with Crippen molar-refractivity contribution in [3.05, 3.63) is 52.8 Å². The number of H-pyrrole nitrogens is 1. The van der Waals surface area contributed by atoms with Gasteiger partial charge in [0.15, 0.2) is 0 Å². The number of aromatic amines is 1. The summed E-state index contributed by atoms with van der Waals surface area (Å²) >= 11 is 0. The van der Waals surface area contributed by atoms with Crippen molar-refractivity contribution in [1.82, 2.24) is 15.1 Å². The van der Waals surface area contributed by atoms with E-state index in [1.807, 2.05) is 35.2 Å². The predicted octanol–water partition coefficient (Wildman–Crippen LogP) is 3.37. The molecule has 1 saturated carbocycles. The van der Waals surface area contributed by atoms with E-state index >= 15 is 0 Å². The third-order valence-electron chi connectivity index (χ3n) is 7.53. The SMILES string of the molecule is O=C(CCc1n[nH]c2c1CCCC2)N1C[C@@H]2CCC[C@@](O)(c3ccccc3)[C@@H]2C1. The summed E-state index contributed by atoms with van der Waals surface area (Å²) in [6.07, 6.45) is 8.79. The Hall–Kier alpha value is -2.14. The molecular formula is C24H31N3O2. The van der Waals surface area contributed by atoms with Crippen molar-refractivity contribution in [3.8, 4) is 0 Å². The molecule has 5 rings (SSSR count). The molecule has 3 aliphatic rings. The summed E-state index contributed by atoms with van der Waals surface area (Å²) in [6.45, 7) is 1.46. The first-order valence-electron chi connectivity index (χ1n) is 11.3. The van der Waals surface area contributed by atoms with Crippen molar-refractivity contribution < 1.29 is 9.90 Å². The highest BCUT2D eigenvalue weighted by atomic mass is 16.3. The van der Waals surface area contributed by atoms with Crippen LogP contribution in [-0.4, -0.2) is 39.2 Å². The zero-order chi connectivity index (χ0) is 19.8. The summed E-state index contributed by atoms with van der Waals surface area (Å²) in [7, 11) is 0. The number of carbonyl (C=O) groups is 1. The minimum atomic E-state index is -0.805. The van der Waals surface area contributed by atoms with Crippen LogP contribution in [0, 0.1) is 11.8 Å². The van der Waals surface area contributed by atoms with E-state index in [1.54, 1.807) is 0 Å². The molecule has 2 heterocycles. The van der Waals surface area contributed by atoms with Gasteiger partial charge in [0.25, 0.3) is 0 Å². The molecule has 0 spiro atoms. The molecule has 1 aliphatic heterocycles. The second-order valence-corrected chi connectivity index (χ2v) is 9.18. The molecule has 5 nitrogen and oxygen atoms in total. The first-order chi connectivity index (χ1) is 14.1. The standard InChI is InChI=1S/C24H31N3O2/c28-23(13-12-22-19-10-4-5-11-21(19)25-26-22)27-15-17-7-6-14-24(29,20(17)16-27)18-8-2-1-3-9-18/h1-3,8-9,17,20,29H,4-7,10-16H2,(H,25,26)/t17-,20+,24+/m0/s1. The van der Waals surface area contributed by atoms with Crippen LogP contribution in [0.4, 0.5) is 0 Å². The number of fused-ring (bicyclic) bond motifs is 2. The Labute approximate surface area is 172 Å². The largest absolute Gasteiger partial charge is 0.385 e. The van der Waals surface area contributed by atoms with Crippen LogP contribution in [0.25, 0.3) is 0 Å². The topological polar surface area (TPSA) is 69.2 Å². The number of nitrogens with one attached hydrogen (secondary N) is 1. The molecular weight excluding hydrogens is 362 g/mol. The fraction of sp³-hybridized carbons (Fsp3) is 0.583. The third kappa shape index (κ3) is 3.39. The number of amides is 1. The smallest absolute Gasteiger partial charge is 0.222 e. The fourth-order valence-electron chi connectivity index (χ4n) is 5.95. The average molecular weight is 394 g/mol. The van der Waals surface area contributed by atoms with Crippen LogP contribution >= 0.6 is 0 Å². The first-order valence-corrected chi connectivity index (χ1v) is 11.3. The maximum atomic E-state index is 13.0. The van der Waals surface area contributed by atoms with Crippen molar-refractivity contribution in [3.63, 3.8) is 0 Å². The van der Waals surface area contributed by atoms with Gasteiger partial charge in [0, 0.05) is 37.5 Å². The van der Waals surface area contributed by atoms with Gasteiger partial charge in [-0.1, -0.05) is 30.3 Å². The number of aromatic nitrogens is 2. The summed E-state index contributed by atoms with van der Waals surface area (Å²) in [5, 5.41) is 19.2. The van der Waals surface area contributed by atoms with Crippen LogP contribution in [0.5, 0.6) is 0 Å². The van der Waals surface area contributed by atoms with E-state index in [0.717, 1.165) is 56.3 Å². The molecule has 2 fully saturated rings. The molecule has 5 heteroatoms. The molecule has 3 atom stereocenters. The van der Waals surface area contributed by atoms with Gasteiger partial charge in [0.2, 0.25) is 5.91 Å². The number of aryl methyl sites for hydroxylation is 2. The number of benzene rings is 1. The van der Waals surface area contributed by atoms with E-state index in [2.05, 4.69) is 10.2 Å². The van der Waals surface area contributed by atoms with Gasteiger partial charge in [-0.2, -0.15) is 5.10 Å². The van der Waals surface area contributed by atoms with Crippen molar-refractivity contribution in [2.24, 2.45) is 11.8 Å². The highest BCUT2D eigenvalue weighted by Gasteiger charge is 2.50. The highest BCUT2D eigenvalue weighted by Crippen LogP contribution is 2.48. The summed E-state index contributed by atoms with van der Waals surface area (Å²) in [5.74, 6) is 0.749. The van der Waals surface area contributed by atoms with E-state index in [9.17, 15) is 9.90 Å². The third-order valence-corrected chi connectivity index (χ3v) is 7.53. The maximum Gasteiger partial charge on any atom is 0.222 e.